The second kappa shape index (κ2) is 6.03. The normalized spacial score (nSPS) is 24.6. The Labute approximate surface area is 103 Å². The highest BCUT2D eigenvalue weighted by molar-refractivity contribution is 5.46. The van der Waals surface area contributed by atoms with Crippen LogP contribution in [0.15, 0.2) is 24.3 Å². The molecule has 2 rings (SSSR count). The number of nitrogens with one attached hydrogen (secondary N) is 1. The molecule has 1 saturated carbocycles. The number of anilines is 1. The van der Waals surface area contributed by atoms with E-state index in [4.69, 9.17) is 9.84 Å². The largest absolute Gasteiger partial charge is 0.392 e. The van der Waals surface area contributed by atoms with Crippen LogP contribution in [0, 0.1) is 0 Å². The van der Waals surface area contributed by atoms with Crippen LogP contribution in [0.3, 0.4) is 0 Å². The Morgan fingerprint density at radius 3 is 2.71 bits per heavy atom. The van der Waals surface area contributed by atoms with E-state index in [1.807, 2.05) is 18.2 Å². The lowest BCUT2D eigenvalue weighted by atomic mass is 9.93. The number of ether oxygens (including phenoxy) is 1. The topological polar surface area (TPSA) is 41.5 Å². The molecular formula is C14H21NO2. The van der Waals surface area contributed by atoms with Crippen molar-refractivity contribution in [3.63, 3.8) is 0 Å². The van der Waals surface area contributed by atoms with Gasteiger partial charge in [-0.25, -0.2) is 0 Å². The minimum atomic E-state index is 0.103. The number of aliphatic hydroxyl groups excluding tert-OH is 1. The highest BCUT2D eigenvalue weighted by Gasteiger charge is 2.20. The molecule has 94 valence electrons. The lowest BCUT2D eigenvalue weighted by Crippen LogP contribution is -2.29. The minimum absolute atomic E-state index is 0.103. The van der Waals surface area contributed by atoms with Gasteiger partial charge < -0.3 is 15.2 Å². The molecule has 0 atom stereocenters. The lowest BCUT2D eigenvalue weighted by Gasteiger charge is -2.29. The molecule has 1 aliphatic rings. The average Bonchev–Trinajstić information content (AvgIpc) is 2.40. The van der Waals surface area contributed by atoms with E-state index in [9.17, 15) is 0 Å². The van der Waals surface area contributed by atoms with Crippen molar-refractivity contribution >= 4 is 5.69 Å². The zero-order valence-electron chi connectivity index (χ0n) is 10.4. The summed E-state index contributed by atoms with van der Waals surface area (Å²) >= 11 is 0. The molecule has 0 unspecified atom stereocenters. The van der Waals surface area contributed by atoms with Gasteiger partial charge >= 0.3 is 0 Å². The van der Waals surface area contributed by atoms with E-state index in [0.717, 1.165) is 36.9 Å². The third-order valence-corrected chi connectivity index (χ3v) is 3.49. The summed E-state index contributed by atoms with van der Waals surface area (Å²) in [5.41, 5.74) is 2.07. The average molecular weight is 235 g/mol. The van der Waals surface area contributed by atoms with Crippen LogP contribution in [-0.2, 0) is 11.3 Å². The Morgan fingerprint density at radius 1 is 1.29 bits per heavy atom. The van der Waals surface area contributed by atoms with Crippen molar-refractivity contribution in [1.82, 2.24) is 0 Å². The Morgan fingerprint density at radius 2 is 2.06 bits per heavy atom. The van der Waals surface area contributed by atoms with Gasteiger partial charge in [-0.3, -0.25) is 0 Å². The minimum Gasteiger partial charge on any atom is -0.392 e. The van der Waals surface area contributed by atoms with E-state index < -0.39 is 0 Å². The summed E-state index contributed by atoms with van der Waals surface area (Å²) < 4.78 is 5.37. The van der Waals surface area contributed by atoms with Crippen LogP contribution in [0.5, 0.6) is 0 Å². The Hall–Kier alpha value is -1.06. The van der Waals surface area contributed by atoms with Crippen molar-refractivity contribution in [2.24, 2.45) is 0 Å². The molecule has 17 heavy (non-hydrogen) atoms. The molecule has 0 aliphatic heterocycles. The fourth-order valence-electron chi connectivity index (χ4n) is 2.44. The number of methoxy groups -OCH3 is 1. The van der Waals surface area contributed by atoms with Gasteiger partial charge in [-0.2, -0.15) is 0 Å². The first-order valence-corrected chi connectivity index (χ1v) is 6.31. The monoisotopic (exact) mass is 235 g/mol. The molecular weight excluding hydrogens is 214 g/mol. The zero-order valence-corrected chi connectivity index (χ0v) is 10.4. The molecule has 1 aliphatic carbocycles. The molecule has 1 aromatic carbocycles. The van der Waals surface area contributed by atoms with Gasteiger partial charge in [-0.1, -0.05) is 12.1 Å². The van der Waals surface area contributed by atoms with E-state index in [2.05, 4.69) is 11.4 Å². The van der Waals surface area contributed by atoms with Crippen LogP contribution in [-0.4, -0.2) is 24.4 Å². The lowest BCUT2D eigenvalue weighted by molar-refractivity contribution is 0.0682. The molecule has 0 radical (unpaired) electrons. The van der Waals surface area contributed by atoms with Crippen LogP contribution in [0.1, 0.15) is 31.2 Å². The van der Waals surface area contributed by atoms with Crippen molar-refractivity contribution in [2.45, 2.75) is 44.4 Å². The molecule has 0 aromatic heterocycles. The molecule has 0 saturated heterocycles. The first kappa shape index (κ1) is 12.4. The summed E-state index contributed by atoms with van der Waals surface area (Å²) in [7, 11) is 1.79. The first-order valence-electron chi connectivity index (χ1n) is 6.31. The highest BCUT2D eigenvalue weighted by atomic mass is 16.5. The van der Waals surface area contributed by atoms with Gasteiger partial charge in [-0.05, 0) is 43.4 Å². The molecule has 3 nitrogen and oxygen atoms in total. The van der Waals surface area contributed by atoms with E-state index in [-0.39, 0.29) is 6.61 Å². The third kappa shape index (κ3) is 3.45. The Kier molecular flexibility index (Phi) is 4.40. The van der Waals surface area contributed by atoms with Gasteiger partial charge in [0, 0.05) is 18.8 Å². The van der Waals surface area contributed by atoms with Crippen molar-refractivity contribution in [3.8, 4) is 0 Å². The molecule has 1 aromatic rings. The number of rotatable bonds is 4. The summed E-state index contributed by atoms with van der Waals surface area (Å²) in [6.45, 7) is 0.103. The Bertz CT molecular complexity index is 346. The molecule has 2 N–H and O–H groups in total. The van der Waals surface area contributed by atoms with Crippen molar-refractivity contribution in [2.75, 3.05) is 12.4 Å². The second-order valence-electron chi connectivity index (χ2n) is 4.71. The summed E-state index contributed by atoms with van der Waals surface area (Å²) in [6, 6.07) is 8.53. The number of benzene rings is 1. The fourth-order valence-corrected chi connectivity index (χ4v) is 2.44. The quantitative estimate of drug-likeness (QED) is 0.842. The molecule has 3 heteroatoms. The summed E-state index contributed by atoms with van der Waals surface area (Å²) in [5.74, 6) is 0. The van der Waals surface area contributed by atoms with E-state index in [1.165, 1.54) is 0 Å². The van der Waals surface area contributed by atoms with Crippen molar-refractivity contribution in [1.29, 1.82) is 0 Å². The van der Waals surface area contributed by atoms with Crippen LogP contribution in [0.2, 0.25) is 0 Å². The summed E-state index contributed by atoms with van der Waals surface area (Å²) in [5, 5.41) is 12.6. The van der Waals surface area contributed by atoms with E-state index in [0.29, 0.717) is 12.1 Å². The SMILES string of the molecule is COC1CCC(Nc2cccc(CO)c2)CC1. The molecule has 1 fully saturated rings. The van der Waals surface area contributed by atoms with Crippen LogP contribution in [0.25, 0.3) is 0 Å². The van der Waals surface area contributed by atoms with Crippen LogP contribution < -0.4 is 5.32 Å². The number of hydrogen-bond acceptors (Lipinski definition) is 3. The Balaban J connectivity index is 1.88. The maximum atomic E-state index is 9.09. The molecule has 0 bridgehead atoms. The molecule has 0 heterocycles. The van der Waals surface area contributed by atoms with Gasteiger partial charge in [0.15, 0.2) is 0 Å². The zero-order chi connectivity index (χ0) is 12.1. The molecule has 0 spiro atoms. The fraction of sp³-hybridized carbons (Fsp3) is 0.571. The van der Waals surface area contributed by atoms with Crippen LogP contribution in [0.4, 0.5) is 5.69 Å². The maximum Gasteiger partial charge on any atom is 0.0682 e. The molecule has 0 amide bonds. The number of hydrogen-bond donors (Lipinski definition) is 2. The van der Waals surface area contributed by atoms with E-state index in [1.54, 1.807) is 7.11 Å². The van der Waals surface area contributed by atoms with Gasteiger partial charge in [-0.15, -0.1) is 0 Å². The van der Waals surface area contributed by atoms with Gasteiger partial charge in [0.2, 0.25) is 0 Å². The smallest absolute Gasteiger partial charge is 0.0682 e. The van der Waals surface area contributed by atoms with Gasteiger partial charge in [0.1, 0.15) is 0 Å². The third-order valence-electron chi connectivity index (χ3n) is 3.49. The van der Waals surface area contributed by atoms with Gasteiger partial charge in [0.05, 0.1) is 12.7 Å². The first-order chi connectivity index (χ1) is 8.31. The van der Waals surface area contributed by atoms with Gasteiger partial charge in [0.25, 0.3) is 0 Å². The highest BCUT2D eigenvalue weighted by Crippen LogP contribution is 2.24. The summed E-state index contributed by atoms with van der Waals surface area (Å²) in [4.78, 5) is 0. The van der Waals surface area contributed by atoms with E-state index >= 15 is 0 Å². The number of aliphatic hydroxyl groups is 1. The van der Waals surface area contributed by atoms with Crippen molar-refractivity contribution < 1.29 is 9.84 Å². The predicted octanol–water partition coefficient (Wildman–Crippen LogP) is 2.55. The predicted molar refractivity (Wildman–Crippen MR) is 69.0 cm³/mol. The maximum absolute atomic E-state index is 9.09. The summed E-state index contributed by atoms with van der Waals surface area (Å²) in [6.07, 6.45) is 5.02. The van der Waals surface area contributed by atoms with Crippen LogP contribution >= 0.6 is 0 Å². The van der Waals surface area contributed by atoms with Crippen molar-refractivity contribution in [3.05, 3.63) is 29.8 Å². The standard InChI is InChI=1S/C14H21NO2/c1-17-14-7-5-12(6-8-14)15-13-4-2-3-11(9-13)10-16/h2-4,9,12,14-16H,5-8,10H2,1H3. The second-order valence-corrected chi connectivity index (χ2v) is 4.71.